The van der Waals surface area contributed by atoms with Gasteiger partial charge in [0, 0.05) is 18.8 Å². The third-order valence-electron chi connectivity index (χ3n) is 2.89. The molecule has 0 radical (unpaired) electrons. The molecule has 0 aliphatic heterocycles. The fourth-order valence-electron chi connectivity index (χ4n) is 2.02. The first-order valence-electron chi connectivity index (χ1n) is 6.03. The molecule has 1 aromatic heterocycles. The van der Waals surface area contributed by atoms with Gasteiger partial charge in [-0.2, -0.15) is 0 Å². The molecule has 1 heterocycles. The number of aromatic carboxylic acids is 1. The molecule has 0 atom stereocenters. The maximum Gasteiger partial charge on any atom is 0.337 e. The van der Waals surface area contributed by atoms with Crippen LogP contribution in [-0.4, -0.2) is 28.6 Å². The zero-order chi connectivity index (χ0) is 12.4. The van der Waals surface area contributed by atoms with Gasteiger partial charge in [0.1, 0.15) is 0 Å². The van der Waals surface area contributed by atoms with Gasteiger partial charge in [-0.15, -0.1) is 0 Å². The third-order valence-corrected chi connectivity index (χ3v) is 2.89. The molecule has 0 aromatic carbocycles. The van der Waals surface area contributed by atoms with E-state index in [4.69, 9.17) is 0 Å². The molecule has 1 aromatic rings. The minimum atomic E-state index is -0.878. The summed E-state index contributed by atoms with van der Waals surface area (Å²) in [6.07, 6.45) is 5.51. The summed E-state index contributed by atoms with van der Waals surface area (Å²) in [6, 6.07) is 2.08. The van der Waals surface area contributed by atoms with Crippen molar-refractivity contribution in [2.24, 2.45) is 5.92 Å². The summed E-state index contributed by atoms with van der Waals surface area (Å²) in [4.78, 5) is 17.5. The number of pyridine rings is 1. The molecular formula is C13H18N2O2. The van der Waals surface area contributed by atoms with Gasteiger partial charge in [0.2, 0.25) is 0 Å². The summed E-state index contributed by atoms with van der Waals surface area (Å²) >= 11 is 0. The molecule has 1 fully saturated rings. The lowest BCUT2D eigenvalue weighted by Gasteiger charge is -2.27. The SMILES string of the molecule is CC(C)CN(c1cnccc1C(=O)O)C1CC1. The van der Waals surface area contributed by atoms with Crippen molar-refractivity contribution < 1.29 is 9.90 Å². The molecule has 0 saturated heterocycles. The predicted octanol–water partition coefficient (Wildman–Crippen LogP) is 2.40. The van der Waals surface area contributed by atoms with E-state index in [1.807, 2.05) is 0 Å². The third kappa shape index (κ3) is 2.75. The molecule has 17 heavy (non-hydrogen) atoms. The van der Waals surface area contributed by atoms with Gasteiger partial charge in [0.25, 0.3) is 0 Å². The number of carboxylic acids is 1. The van der Waals surface area contributed by atoms with E-state index in [1.165, 1.54) is 6.20 Å². The molecule has 4 nitrogen and oxygen atoms in total. The summed E-state index contributed by atoms with van der Waals surface area (Å²) < 4.78 is 0. The van der Waals surface area contributed by atoms with Crippen LogP contribution in [0.15, 0.2) is 18.5 Å². The number of aromatic nitrogens is 1. The predicted molar refractivity (Wildman–Crippen MR) is 66.4 cm³/mol. The smallest absolute Gasteiger partial charge is 0.337 e. The van der Waals surface area contributed by atoms with E-state index in [0.717, 1.165) is 25.1 Å². The van der Waals surface area contributed by atoms with Crippen molar-refractivity contribution in [1.82, 2.24) is 4.98 Å². The molecule has 92 valence electrons. The van der Waals surface area contributed by atoms with E-state index < -0.39 is 5.97 Å². The van der Waals surface area contributed by atoms with Gasteiger partial charge in [0.15, 0.2) is 0 Å². The number of hydrogen-bond donors (Lipinski definition) is 1. The molecular weight excluding hydrogens is 216 g/mol. The van der Waals surface area contributed by atoms with E-state index in [1.54, 1.807) is 12.3 Å². The summed E-state index contributed by atoms with van der Waals surface area (Å²) in [5, 5.41) is 9.20. The second-order valence-electron chi connectivity index (χ2n) is 4.98. The molecule has 1 aliphatic rings. The maximum atomic E-state index is 11.2. The van der Waals surface area contributed by atoms with Crippen molar-refractivity contribution >= 4 is 11.7 Å². The van der Waals surface area contributed by atoms with Crippen molar-refractivity contribution in [3.05, 3.63) is 24.0 Å². The summed E-state index contributed by atoms with van der Waals surface area (Å²) in [6.45, 7) is 5.18. The maximum absolute atomic E-state index is 11.2. The van der Waals surface area contributed by atoms with Gasteiger partial charge >= 0.3 is 5.97 Å². The fraction of sp³-hybridized carbons (Fsp3) is 0.538. The van der Waals surface area contributed by atoms with Crippen LogP contribution in [0.4, 0.5) is 5.69 Å². The van der Waals surface area contributed by atoms with Crippen LogP contribution in [0, 0.1) is 5.92 Å². The highest BCUT2D eigenvalue weighted by molar-refractivity contribution is 5.94. The summed E-state index contributed by atoms with van der Waals surface area (Å²) in [7, 11) is 0. The number of carboxylic acid groups (broad SMARTS) is 1. The van der Waals surface area contributed by atoms with E-state index in [9.17, 15) is 9.90 Å². The van der Waals surface area contributed by atoms with Crippen LogP contribution in [0.25, 0.3) is 0 Å². The molecule has 0 amide bonds. The van der Waals surface area contributed by atoms with Crippen LogP contribution >= 0.6 is 0 Å². The van der Waals surface area contributed by atoms with Crippen molar-refractivity contribution in [2.45, 2.75) is 32.7 Å². The lowest BCUT2D eigenvalue weighted by Crippen LogP contribution is -2.31. The average Bonchev–Trinajstić information content (AvgIpc) is 3.09. The number of nitrogens with zero attached hydrogens (tertiary/aromatic N) is 2. The Labute approximate surface area is 101 Å². The molecule has 0 spiro atoms. The number of carbonyl (C=O) groups is 1. The van der Waals surface area contributed by atoms with Crippen LogP contribution < -0.4 is 4.90 Å². The summed E-state index contributed by atoms with van der Waals surface area (Å²) in [5.74, 6) is -0.366. The Morgan fingerprint density at radius 1 is 1.59 bits per heavy atom. The minimum absolute atomic E-state index is 0.354. The van der Waals surface area contributed by atoms with Crippen molar-refractivity contribution in [1.29, 1.82) is 0 Å². The molecule has 1 N–H and O–H groups in total. The standard InChI is InChI=1S/C13H18N2O2/c1-9(2)8-15(10-3-4-10)12-7-14-6-5-11(12)13(16)17/h5-7,9-10H,3-4,8H2,1-2H3,(H,16,17). The van der Waals surface area contributed by atoms with E-state index in [-0.39, 0.29) is 0 Å². The Kier molecular flexibility index (Phi) is 3.31. The van der Waals surface area contributed by atoms with Gasteiger partial charge in [-0.3, -0.25) is 4.98 Å². The monoisotopic (exact) mass is 234 g/mol. The average molecular weight is 234 g/mol. The normalized spacial score (nSPS) is 15.0. The molecule has 1 aliphatic carbocycles. The van der Waals surface area contributed by atoms with Gasteiger partial charge in [-0.25, -0.2) is 4.79 Å². The Bertz CT molecular complexity index is 414. The fourth-order valence-corrected chi connectivity index (χ4v) is 2.02. The highest BCUT2D eigenvalue weighted by Gasteiger charge is 2.31. The van der Waals surface area contributed by atoms with Crippen LogP contribution in [0.3, 0.4) is 0 Å². The highest BCUT2D eigenvalue weighted by Crippen LogP contribution is 2.33. The second-order valence-corrected chi connectivity index (χ2v) is 4.98. The van der Waals surface area contributed by atoms with Gasteiger partial charge in [-0.05, 0) is 24.8 Å². The molecule has 0 bridgehead atoms. The van der Waals surface area contributed by atoms with Crippen molar-refractivity contribution in [2.75, 3.05) is 11.4 Å². The van der Waals surface area contributed by atoms with Crippen molar-refractivity contribution in [3.63, 3.8) is 0 Å². The van der Waals surface area contributed by atoms with Crippen LogP contribution in [0.2, 0.25) is 0 Å². The van der Waals surface area contributed by atoms with E-state index in [2.05, 4.69) is 23.7 Å². The zero-order valence-electron chi connectivity index (χ0n) is 10.3. The Balaban J connectivity index is 2.31. The highest BCUT2D eigenvalue weighted by atomic mass is 16.4. The van der Waals surface area contributed by atoms with Gasteiger partial charge in [0.05, 0.1) is 17.4 Å². The second kappa shape index (κ2) is 4.73. The van der Waals surface area contributed by atoms with E-state index >= 15 is 0 Å². The molecule has 4 heteroatoms. The molecule has 0 unspecified atom stereocenters. The molecule has 1 saturated carbocycles. The van der Waals surface area contributed by atoms with Gasteiger partial charge < -0.3 is 10.0 Å². The lowest BCUT2D eigenvalue weighted by atomic mass is 10.1. The lowest BCUT2D eigenvalue weighted by molar-refractivity contribution is 0.0697. The minimum Gasteiger partial charge on any atom is -0.478 e. The number of anilines is 1. The Morgan fingerprint density at radius 3 is 2.82 bits per heavy atom. The van der Waals surface area contributed by atoms with Crippen LogP contribution in [0.5, 0.6) is 0 Å². The van der Waals surface area contributed by atoms with Crippen LogP contribution in [-0.2, 0) is 0 Å². The quantitative estimate of drug-likeness (QED) is 0.850. The number of rotatable bonds is 5. The Hall–Kier alpha value is -1.58. The largest absolute Gasteiger partial charge is 0.478 e. The van der Waals surface area contributed by atoms with Crippen molar-refractivity contribution in [3.8, 4) is 0 Å². The number of hydrogen-bond acceptors (Lipinski definition) is 3. The zero-order valence-corrected chi connectivity index (χ0v) is 10.3. The molecule has 2 rings (SSSR count). The first-order chi connectivity index (χ1) is 8.09. The first kappa shape index (κ1) is 11.9. The topological polar surface area (TPSA) is 53.4 Å². The van der Waals surface area contributed by atoms with Gasteiger partial charge in [-0.1, -0.05) is 13.8 Å². The Morgan fingerprint density at radius 2 is 2.29 bits per heavy atom. The van der Waals surface area contributed by atoms with Crippen LogP contribution in [0.1, 0.15) is 37.0 Å². The van der Waals surface area contributed by atoms with E-state index in [0.29, 0.717) is 17.5 Å². The summed E-state index contributed by atoms with van der Waals surface area (Å²) in [5.41, 5.74) is 1.11. The first-order valence-corrected chi connectivity index (χ1v) is 6.03.